The average molecular weight is 135 g/mol. The smallest absolute Gasteiger partial charge is 0.0920 e. The molecule has 1 aromatic carbocycles. The van der Waals surface area contributed by atoms with Crippen molar-refractivity contribution in [1.29, 1.82) is 5.53 Å². The third-order valence-corrected chi connectivity index (χ3v) is 1.38. The van der Waals surface area contributed by atoms with Crippen molar-refractivity contribution in [3.63, 3.8) is 0 Å². The Bertz CT molecular complexity index is 216. The summed E-state index contributed by atoms with van der Waals surface area (Å²) in [4.78, 5) is 0. The van der Waals surface area contributed by atoms with E-state index in [1.54, 1.807) is 0 Å². The zero-order chi connectivity index (χ0) is 7.40. The van der Waals surface area contributed by atoms with E-state index in [9.17, 15) is 0 Å². The van der Waals surface area contributed by atoms with Gasteiger partial charge in [0.2, 0.25) is 5.69 Å². The van der Waals surface area contributed by atoms with E-state index in [1.807, 2.05) is 37.3 Å². The quantitative estimate of drug-likeness (QED) is 0.476. The highest BCUT2D eigenvalue weighted by Crippen LogP contribution is 2.07. The lowest BCUT2D eigenvalue weighted by molar-refractivity contribution is -0.532. The van der Waals surface area contributed by atoms with E-state index in [0.29, 0.717) is 0 Å². The molecular formula is C8H11N2+. The van der Waals surface area contributed by atoms with Crippen molar-refractivity contribution in [1.82, 2.24) is 0 Å². The molecule has 0 saturated carbocycles. The fourth-order valence-corrected chi connectivity index (χ4v) is 0.791. The minimum absolute atomic E-state index is 0.726. The molecule has 0 aliphatic rings. The summed E-state index contributed by atoms with van der Waals surface area (Å²) in [6, 6.07) is 9.68. The molecule has 0 aliphatic carbocycles. The third-order valence-electron chi connectivity index (χ3n) is 1.38. The summed E-state index contributed by atoms with van der Waals surface area (Å²) in [6.07, 6.45) is 0. The zero-order valence-electron chi connectivity index (χ0n) is 6.04. The first kappa shape index (κ1) is 6.93. The maximum Gasteiger partial charge on any atom is 0.231 e. The standard InChI is InChI=1S/C8H11N2/c1-2-10(9)8-6-4-3-5-7-8/h3-7,9H,2H2,1H3/q+1. The topological polar surface area (TPSA) is 26.9 Å². The highest BCUT2D eigenvalue weighted by Gasteiger charge is 2.01. The van der Waals surface area contributed by atoms with E-state index in [2.05, 4.69) is 0 Å². The Morgan fingerprint density at radius 2 is 1.90 bits per heavy atom. The maximum absolute atomic E-state index is 7.40. The number of benzene rings is 1. The van der Waals surface area contributed by atoms with Gasteiger partial charge in [-0.2, -0.15) is 0 Å². The minimum atomic E-state index is 0.726. The molecule has 0 radical (unpaired) electrons. The van der Waals surface area contributed by atoms with Crippen LogP contribution in [0.1, 0.15) is 6.92 Å². The fourth-order valence-electron chi connectivity index (χ4n) is 0.791. The molecule has 2 heteroatoms. The van der Waals surface area contributed by atoms with Crippen molar-refractivity contribution >= 4 is 5.69 Å². The van der Waals surface area contributed by atoms with Gasteiger partial charge >= 0.3 is 0 Å². The summed E-state index contributed by atoms with van der Waals surface area (Å²) < 4.78 is 1.46. The average Bonchev–Trinajstić information content (AvgIpc) is 2.05. The molecule has 1 N–H and O–H groups in total. The van der Waals surface area contributed by atoms with Crippen LogP contribution in [0.15, 0.2) is 30.3 Å². The van der Waals surface area contributed by atoms with Gasteiger partial charge in [-0.05, 0) is 6.92 Å². The van der Waals surface area contributed by atoms with Crippen molar-refractivity contribution < 1.29 is 4.70 Å². The van der Waals surface area contributed by atoms with E-state index in [1.165, 1.54) is 4.70 Å². The molecule has 52 valence electrons. The maximum atomic E-state index is 7.40. The first-order valence-corrected chi connectivity index (χ1v) is 3.38. The van der Waals surface area contributed by atoms with Crippen molar-refractivity contribution in [3.8, 4) is 0 Å². The molecule has 10 heavy (non-hydrogen) atoms. The summed E-state index contributed by atoms with van der Waals surface area (Å²) in [7, 11) is 0. The van der Waals surface area contributed by atoms with Crippen LogP contribution >= 0.6 is 0 Å². The first-order chi connectivity index (χ1) is 4.84. The van der Waals surface area contributed by atoms with Crippen LogP contribution in [0.4, 0.5) is 5.69 Å². The lowest BCUT2D eigenvalue weighted by Gasteiger charge is -1.90. The van der Waals surface area contributed by atoms with Crippen molar-refractivity contribution in [2.45, 2.75) is 6.92 Å². The van der Waals surface area contributed by atoms with Crippen LogP contribution < -0.4 is 0 Å². The molecule has 0 saturated heterocycles. The Labute approximate surface area is 60.6 Å². The van der Waals surface area contributed by atoms with Gasteiger partial charge in [-0.15, -0.1) is 0 Å². The summed E-state index contributed by atoms with van der Waals surface area (Å²) in [5, 5.41) is 0. The van der Waals surface area contributed by atoms with Gasteiger partial charge in [-0.1, -0.05) is 28.4 Å². The second kappa shape index (κ2) is 3.11. The van der Waals surface area contributed by atoms with E-state index >= 15 is 0 Å². The van der Waals surface area contributed by atoms with Crippen LogP contribution in [0.5, 0.6) is 0 Å². The van der Waals surface area contributed by atoms with Gasteiger partial charge in [-0.3, -0.25) is 0 Å². The Morgan fingerprint density at radius 3 is 2.40 bits per heavy atom. The Balaban J connectivity index is 2.85. The second-order valence-corrected chi connectivity index (χ2v) is 2.08. The Hall–Kier alpha value is -1.18. The molecule has 0 heterocycles. The Morgan fingerprint density at radius 1 is 1.30 bits per heavy atom. The molecular weight excluding hydrogens is 124 g/mol. The molecule has 0 bridgehead atoms. The summed E-state index contributed by atoms with van der Waals surface area (Å²) >= 11 is 0. The van der Waals surface area contributed by atoms with Crippen molar-refractivity contribution in [2.75, 3.05) is 6.54 Å². The number of nitrogens with one attached hydrogen (secondary N) is 1. The summed E-state index contributed by atoms with van der Waals surface area (Å²) in [5.74, 6) is 0. The lowest BCUT2D eigenvalue weighted by Crippen LogP contribution is -1.97. The van der Waals surface area contributed by atoms with E-state index < -0.39 is 0 Å². The minimum Gasteiger partial charge on any atom is -0.0920 e. The molecule has 2 nitrogen and oxygen atoms in total. The fraction of sp³-hybridized carbons (Fsp3) is 0.250. The van der Waals surface area contributed by atoms with Gasteiger partial charge in [0.05, 0.1) is 0 Å². The Kier molecular flexibility index (Phi) is 2.15. The number of hydrogen-bond acceptors (Lipinski definition) is 1. The first-order valence-electron chi connectivity index (χ1n) is 3.38. The molecule has 0 amide bonds. The van der Waals surface area contributed by atoms with Crippen LogP contribution in [0.2, 0.25) is 0 Å². The van der Waals surface area contributed by atoms with Gasteiger partial charge < -0.3 is 0 Å². The molecule has 0 unspecified atom stereocenters. The van der Waals surface area contributed by atoms with Crippen LogP contribution in [0.3, 0.4) is 0 Å². The van der Waals surface area contributed by atoms with Gasteiger partial charge in [-0.25, -0.2) is 0 Å². The number of rotatable bonds is 2. The van der Waals surface area contributed by atoms with Crippen LogP contribution in [0.25, 0.3) is 0 Å². The largest absolute Gasteiger partial charge is 0.231 e. The number of nitrogens with zero attached hydrogens (tertiary/aromatic N) is 1. The third kappa shape index (κ3) is 1.41. The van der Waals surface area contributed by atoms with Crippen LogP contribution in [-0.2, 0) is 0 Å². The molecule has 0 aliphatic heterocycles. The molecule has 0 aromatic heterocycles. The second-order valence-electron chi connectivity index (χ2n) is 2.08. The van der Waals surface area contributed by atoms with E-state index in [0.717, 1.165) is 12.2 Å². The summed E-state index contributed by atoms with van der Waals surface area (Å²) in [5.41, 5.74) is 8.34. The lowest BCUT2D eigenvalue weighted by atomic mass is 10.3. The molecule has 0 spiro atoms. The summed E-state index contributed by atoms with van der Waals surface area (Å²) in [6.45, 7) is 2.68. The van der Waals surface area contributed by atoms with E-state index in [-0.39, 0.29) is 0 Å². The van der Waals surface area contributed by atoms with Crippen molar-refractivity contribution in [3.05, 3.63) is 30.3 Å². The highest BCUT2D eigenvalue weighted by molar-refractivity contribution is 5.27. The van der Waals surface area contributed by atoms with Crippen LogP contribution in [-0.4, -0.2) is 11.2 Å². The predicted molar refractivity (Wildman–Crippen MR) is 39.6 cm³/mol. The van der Waals surface area contributed by atoms with E-state index in [4.69, 9.17) is 5.53 Å². The van der Waals surface area contributed by atoms with Crippen LogP contribution in [0, 0.1) is 5.53 Å². The van der Waals surface area contributed by atoms with Crippen molar-refractivity contribution in [2.24, 2.45) is 0 Å². The molecule has 0 fully saturated rings. The SMILES string of the molecule is CC[N+](=N)c1ccccc1. The molecule has 1 rings (SSSR count). The monoisotopic (exact) mass is 135 g/mol. The molecule has 0 atom stereocenters. The normalized spacial score (nSPS) is 9.30. The van der Waals surface area contributed by atoms with Gasteiger partial charge in [0, 0.05) is 12.1 Å². The van der Waals surface area contributed by atoms with Gasteiger partial charge in [0.1, 0.15) is 0 Å². The number of para-hydroxylation sites is 1. The zero-order valence-corrected chi connectivity index (χ0v) is 6.04. The van der Waals surface area contributed by atoms with Gasteiger partial charge in [0.15, 0.2) is 6.54 Å². The highest BCUT2D eigenvalue weighted by atomic mass is 15.2. The predicted octanol–water partition coefficient (Wildman–Crippen LogP) is 2.38. The van der Waals surface area contributed by atoms with Gasteiger partial charge in [0.25, 0.3) is 0 Å². The number of hydrogen-bond donors (Lipinski definition) is 1. The molecule has 1 aromatic rings.